The number of hydrogen-bond donors (Lipinski definition) is 0. The summed E-state index contributed by atoms with van der Waals surface area (Å²) in [5.41, 5.74) is 1.22. The minimum Gasteiger partial charge on any atom is -0.289 e. The molecule has 0 fully saturated rings. The molecular weight excluding hydrogens is 283 g/mol. The van der Waals surface area contributed by atoms with Crippen LogP contribution < -0.4 is 18.9 Å². The number of hydrogen-bond acceptors (Lipinski definition) is 1. The molecule has 0 spiro atoms. The first-order chi connectivity index (χ1) is 10.2. The molecule has 1 aromatic rings. The monoisotopic (exact) mass is 314 g/mol. The summed E-state index contributed by atoms with van der Waals surface area (Å²) >= 11 is 0. The zero-order valence-corrected chi connectivity index (χ0v) is 15.6. The van der Waals surface area contributed by atoms with Crippen LogP contribution >= 0.6 is 0 Å². The Bertz CT molecular complexity index is 389. The Hall–Kier alpha value is -0.0326. The fourth-order valence-corrected chi connectivity index (χ4v) is 3.39. The van der Waals surface area contributed by atoms with Crippen LogP contribution in [0.1, 0.15) is 76.7 Å². The van der Waals surface area contributed by atoms with Crippen molar-refractivity contribution in [2.45, 2.75) is 83.0 Å². The molecule has 1 nitrogen and oxygen atoms in total. The largest absolute Gasteiger partial charge is 1.00 e. The van der Waals surface area contributed by atoms with Gasteiger partial charge in [-0.3, -0.25) is 4.21 Å². The first kappa shape index (κ1) is 22.0. The van der Waals surface area contributed by atoms with E-state index in [4.69, 9.17) is 0 Å². The van der Waals surface area contributed by atoms with E-state index < -0.39 is 10.8 Å². The van der Waals surface area contributed by atoms with Crippen molar-refractivity contribution in [3.63, 3.8) is 0 Å². The molecule has 0 amide bonds. The van der Waals surface area contributed by atoms with Crippen molar-refractivity contribution in [1.29, 1.82) is 0 Å². The molecule has 0 bridgehead atoms. The fourth-order valence-electron chi connectivity index (χ4n) is 2.41. The number of unbranched alkanes of at least 4 members (excludes halogenated alkanes) is 9. The summed E-state index contributed by atoms with van der Waals surface area (Å²) in [6.07, 6.45) is 13.0. The zero-order chi connectivity index (χ0) is 15.3. The maximum Gasteiger partial charge on any atom is 1.00 e. The standard InChI is InChI=1S/C19H31OS.Li/c1-3-4-5-6-7-8-9-10-11-12-17-21(20)19-15-13-18(2)14-16-19;/h13-17H,3-12H2,1-2H3;/q-1;+1. The summed E-state index contributed by atoms with van der Waals surface area (Å²) in [6.45, 7) is 4.32. The van der Waals surface area contributed by atoms with Crippen LogP contribution in [0.4, 0.5) is 0 Å². The summed E-state index contributed by atoms with van der Waals surface area (Å²) < 4.78 is 12.0. The topological polar surface area (TPSA) is 17.1 Å². The van der Waals surface area contributed by atoms with Crippen LogP contribution in [0.3, 0.4) is 0 Å². The molecule has 0 aliphatic rings. The van der Waals surface area contributed by atoms with Gasteiger partial charge in [-0.2, -0.15) is 6.42 Å². The molecule has 22 heavy (non-hydrogen) atoms. The number of aryl methyl sites for hydroxylation is 1. The fraction of sp³-hybridized carbons (Fsp3) is 0.632. The molecule has 1 unspecified atom stereocenters. The van der Waals surface area contributed by atoms with Crippen LogP contribution in [-0.2, 0) is 10.8 Å². The van der Waals surface area contributed by atoms with Crippen molar-refractivity contribution in [3.05, 3.63) is 35.6 Å². The second-order valence-electron chi connectivity index (χ2n) is 5.89. The van der Waals surface area contributed by atoms with Gasteiger partial charge in [-0.15, -0.1) is 10.8 Å². The minimum absolute atomic E-state index is 0. The summed E-state index contributed by atoms with van der Waals surface area (Å²) in [6, 6.07) is 8.00. The summed E-state index contributed by atoms with van der Waals surface area (Å²) in [4.78, 5) is 0.927. The molecule has 0 saturated heterocycles. The van der Waals surface area contributed by atoms with Gasteiger partial charge in [-0.25, -0.2) is 5.75 Å². The second kappa shape index (κ2) is 14.6. The van der Waals surface area contributed by atoms with Crippen LogP contribution in [0.15, 0.2) is 29.2 Å². The van der Waals surface area contributed by atoms with Crippen molar-refractivity contribution in [2.75, 3.05) is 0 Å². The number of rotatable bonds is 12. The quantitative estimate of drug-likeness (QED) is 0.329. The Kier molecular flexibility index (Phi) is 14.5. The Morgan fingerprint density at radius 2 is 1.36 bits per heavy atom. The first-order valence-corrected chi connectivity index (χ1v) is 9.76. The van der Waals surface area contributed by atoms with Gasteiger partial charge in [0.25, 0.3) is 0 Å². The van der Waals surface area contributed by atoms with Gasteiger partial charge in [0.15, 0.2) is 0 Å². The third-order valence-electron chi connectivity index (χ3n) is 3.83. The average Bonchev–Trinajstić information content (AvgIpc) is 2.49. The van der Waals surface area contributed by atoms with E-state index in [0.29, 0.717) is 0 Å². The van der Waals surface area contributed by atoms with Crippen LogP contribution in [0.5, 0.6) is 0 Å². The maximum absolute atomic E-state index is 12.0. The van der Waals surface area contributed by atoms with Gasteiger partial charge in [0.05, 0.1) is 0 Å². The van der Waals surface area contributed by atoms with Crippen molar-refractivity contribution < 1.29 is 23.1 Å². The molecule has 1 aromatic carbocycles. The van der Waals surface area contributed by atoms with Crippen molar-refractivity contribution in [2.24, 2.45) is 0 Å². The van der Waals surface area contributed by atoms with E-state index in [1.54, 1.807) is 0 Å². The Morgan fingerprint density at radius 1 is 0.864 bits per heavy atom. The van der Waals surface area contributed by atoms with Crippen molar-refractivity contribution in [1.82, 2.24) is 0 Å². The van der Waals surface area contributed by atoms with E-state index in [0.717, 1.165) is 11.3 Å². The smallest absolute Gasteiger partial charge is 0.289 e. The molecular formula is C19H31LiOS. The Morgan fingerprint density at radius 3 is 1.91 bits per heavy atom. The van der Waals surface area contributed by atoms with Gasteiger partial charge < -0.3 is 0 Å². The van der Waals surface area contributed by atoms with Gasteiger partial charge >= 0.3 is 18.9 Å². The molecule has 0 N–H and O–H groups in total. The second-order valence-corrected chi connectivity index (χ2v) is 7.29. The molecule has 1 rings (SSSR count). The summed E-state index contributed by atoms with van der Waals surface area (Å²) in [5, 5.41) is 0. The molecule has 1 atom stereocenters. The van der Waals surface area contributed by atoms with Gasteiger partial charge in [-0.1, -0.05) is 82.4 Å². The van der Waals surface area contributed by atoms with E-state index in [2.05, 4.69) is 13.8 Å². The maximum atomic E-state index is 12.0. The first-order valence-electron chi connectivity index (χ1n) is 8.54. The van der Waals surface area contributed by atoms with Crippen LogP contribution in [0.2, 0.25) is 0 Å². The van der Waals surface area contributed by atoms with Crippen LogP contribution in [-0.4, -0.2) is 4.21 Å². The predicted molar refractivity (Wildman–Crippen MR) is 93.7 cm³/mol. The predicted octanol–water partition coefficient (Wildman–Crippen LogP) is 3.19. The summed E-state index contributed by atoms with van der Waals surface area (Å²) in [7, 11) is -0.929. The van der Waals surface area contributed by atoms with Gasteiger partial charge in [0.1, 0.15) is 0 Å². The van der Waals surface area contributed by atoms with E-state index >= 15 is 0 Å². The van der Waals surface area contributed by atoms with E-state index in [-0.39, 0.29) is 18.9 Å². The third kappa shape index (κ3) is 10.7. The zero-order valence-electron chi connectivity index (χ0n) is 14.8. The third-order valence-corrected chi connectivity index (χ3v) is 5.11. The van der Waals surface area contributed by atoms with Gasteiger partial charge in [0.2, 0.25) is 0 Å². The summed E-state index contributed by atoms with van der Waals surface area (Å²) in [5.74, 6) is 1.96. The molecule has 0 aliphatic heterocycles. The van der Waals surface area contributed by atoms with Crippen molar-refractivity contribution in [3.8, 4) is 0 Å². The normalized spacial score (nSPS) is 11.9. The van der Waals surface area contributed by atoms with Crippen LogP contribution in [0, 0.1) is 12.7 Å². The molecule has 0 radical (unpaired) electrons. The van der Waals surface area contributed by atoms with Crippen LogP contribution in [0.25, 0.3) is 0 Å². The molecule has 3 heteroatoms. The van der Waals surface area contributed by atoms with E-state index in [1.165, 1.54) is 63.4 Å². The number of benzene rings is 1. The Labute approximate surface area is 152 Å². The van der Waals surface area contributed by atoms with Gasteiger partial charge in [0, 0.05) is 4.90 Å². The minimum atomic E-state index is -0.929. The van der Waals surface area contributed by atoms with E-state index in [9.17, 15) is 4.21 Å². The Balaban J connectivity index is 0.00000441. The van der Waals surface area contributed by atoms with E-state index in [1.807, 2.05) is 30.0 Å². The molecule has 0 aromatic heterocycles. The molecule has 0 heterocycles. The molecule has 0 aliphatic carbocycles. The van der Waals surface area contributed by atoms with Gasteiger partial charge in [-0.05, 0) is 19.1 Å². The molecule has 0 saturated carbocycles. The SMILES string of the molecule is CCCCCCCCCCC[CH-]S(=O)c1ccc(C)cc1.[Li+]. The van der Waals surface area contributed by atoms with Crippen molar-refractivity contribution >= 4 is 10.8 Å². The molecule has 120 valence electrons. The average molecular weight is 314 g/mol.